The maximum absolute atomic E-state index is 13.3. The largest absolute Gasteiger partial charge is 0.389 e. The highest BCUT2D eigenvalue weighted by Crippen LogP contribution is 2.26. The van der Waals surface area contributed by atoms with E-state index >= 15 is 0 Å². The van der Waals surface area contributed by atoms with Crippen LogP contribution in [0.2, 0.25) is 5.02 Å². The first kappa shape index (κ1) is 15.4. The molecule has 0 spiro atoms. The van der Waals surface area contributed by atoms with Crippen molar-refractivity contribution in [3.05, 3.63) is 28.8 Å². The smallest absolute Gasteiger partial charge is 0.327 e. The molecule has 2 nitrogen and oxygen atoms in total. The predicted molar refractivity (Wildman–Crippen MR) is 69.5 cm³/mol. The summed E-state index contributed by atoms with van der Waals surface area (Å²) >= 11 is 11.4. The van der Waals surface area contributed by atoms with Gasteiger partial charge in [0.1, 0.15) is 11.6 Å². The second kappa shape index (κ2) is 5.77. The van der Waals surface area contributed by atoms with Crippen LogP contribution in [-0.2, 0) is 12.4 Å². The minimum atomic E-state index is -4.21. The SMILES string of the molecule is Fc1cc2nc(CCl)n(CCCC(F)(F)F)c2cc1Cl. The van der Waals surface area contributed by atoms with Crippen molar-refractivity contribution < 1.29 is 17.6 Å². The van der Waals surface area contributed by atoms with Gasteiger partial charge in [-0.15, -0.1) is 11.6 Å². The van der Waals surface area contributed by atoms with Crippen LogP contribution in [0.5, 0.6) is 0 Å². The summed E-state index contributed by atoms with van der Waals surface area (Å²) in [5.41, 5.74) is 0.809. The molecule has 0 N–H and O–H groups in total. The van der Waals surface area contributed by atoms with Crippen molar-refractivity contribution in [1.29, 1.82) is 0 Å². The van der Waals surface area contributed by atoms with Crippen LogP contribution in [0.3, 0.4) is 0 Å². The van der Waals surface area contributed by atoms with E-state index in [1.807, 2.05) is 0 Å². The Kier molecular flexibility index (Phi) is 4.44. The minimum Gasteiger partial charge on any atom is -0.327 e. The van der Waals surface area contributed by atoms with Crippen LogP contribution < -0.4 is 0 Å². The molecule has 0 saturated heterocycles. The summed E-state index contributed by atoms with van der Waals surface area (Å²) in [6.45, 7) is 0.0972. The summed E-state index contributed by atoms with van der Waals surface area (Å²) < 4.78 is 51.4. The van der Waals surface area contributed by atoms with E-state index in [1.54, 1.807) is 4.57 Å². The van der Waals surface area contributed by atoms with E-state index in [9.17, 15) is 17.6 Å². The number of aromatic nitrogens is 2. The molecular weight excluding hydrogens is 319 g/mol. The first-order chi connectivity index (χ1) is 9.31. The molecule has 2 aromatic rings. The van der Waals surface area contributed by atoms with Crippen molar-refractivity contribution in [3.63, 3.8) is 0 Å². The first-order valence-corrected chi connectivity index (χ1v) is 6.70. The number of fused-ring (bicyclic) bond motifs is 1. The fourth-order valence-electron chi connectivity index (χ4n) is 1.96. The van der Waals surface area contributed by atoms with Crippen LogP contribution in [0.25, 0.3) is 11.0 Å². The molecule has 0 unspecified atom stereocenters. The van der Waals surface area contributed by atoms with Gasteiger partial charge in [-0.25, -0.2) is 9.37 Å². The standard InChI is InChI=1S/C12H10Cl2F4N2/c13-6-11-19-9-5-8(15)7(14)4-10(9)20(11)3-1-2-12(16,17)18/h4-5H,1-3,6H2. The average Bonchev–Trinajstić information content (AvgIpc) is 2.66. The van der Waals surface area contributed by atoms with Gasteiger partial charge in [0.2, 0.25) is 0 Å². The van der Waals surface area contributed by atoms with Crippen molar-refractivity contribution in [1.82, 2.24) is 9.55 Å². The van der Waals surface area contributed by atoms with Gasteiger partial charge in [-0.2, -0.15) is 13.2 Å². The number of halogens is 6. The Morgan fingerprint density at radius 2 is 1.95 bits per heavy atom. The molecule has 110 valence electrons. The Balaban J connectivity index is 2.33. The molecule has 1 aromatic carbocycles. The van der Waals surface area contributed by atoms with Crippen LogP contribution in [0.1, 0.15) is 18.7 Å². The topological polar surface area (TPSA) is 17.8 Å². The van der Waals surface area contributed by atoms with E-state index < -0.39 is 18.4 Å². The average molecular weight is 329 g/mol. The number of hydrogen-bond acceptors (Lipinski definition) is 1. The molecule has 0 bridgehead atoms. The highest BCUT2D eigenvalue weighted by molar-refractivity contribution is 6.31. The van der Waals surface area contributed by atoms with Gasteiger partial charge in [0.15, 0.2) is 0 Å². The molecule has 20 heavy (non-hydrogen) atoms. The van der Waals surface area contributed by atoms with Crippen molar-refractivity contribution in [3.8, 4) is 0 Å². The molecule has 0 atom stereocenters. The monoisotopic (exact) mass is 328 g/mol. The Morgan fingerprint density at radius 3 is 2.55 bits per heavy atom. The lowest BCUT2D eigenvalue weighted by molar-refractivity contribution is -0.135. The Hall–Kier alpha value is -1.01. The highest BCUT2D eigenvalue weighted by Gasteiger charge is 2.26. The Morgan fingerprint density at radius 1 is 1.25 bits per heavy atom. The molecule has 0 aliphatic carbocycles. The van der Waals surface area contributed by atoms with Crippen LogP contribution in [-0.4, -0.2) is 15.7 Å². The zero-order chi connectivity index (χ0) is 14.9. The van der Waals surface area contributed by atoms with Crippen molar-refractivity contribution >= 4 is 34.2 Å². The maximum atomic E-state index is 13.3. The summed E-state index contributed by atoms with van der Waals surface area (Å²) in [6.07, 6.45) is -5.21. The summed E-state index contributed by atoms with van der Waals surface area (Å²) in [5.74, 6) is -0.203. The third kappa shape index (κ3) is 3.35. The molecule has 0 radical (unpaired) electrons. The van der Waals surface area contributed by atoms with Gasteiger partial charge in [-0.1, -0.05) is 11.6 Å². The third-order valence-electron chi connectivity index (χ3n) is 2.83. The van der Waals surface area contributed by atoms with Gasteiger partial charge in [0, 0.05) is 19.0 Å². The van der Waals surface area contributed by atoms with Gasteiger partial charge >= 0.3 is 6.18 Å². The van der Waals surface area contributed by atoms with Crippen molar-refractivity contribution in [2.24, 2.45) is 0 Å². The Labute approximate surface area is 122 Å². The number of hydrogen-bond donors (Lipinski definition) is 0. The summed E-state index contributed by atoms with van der Waals surface area (Å²) in [6, 6.07) is 2.50. The predicted octanol–water partition coefficient (Wildman–Crippen LogP) is 4.91. The zero-order valence-electron chi connectivity index (χ0n) is 10.1. The number of alkyl halides is 4. The van der Waals surface area contributed by atoms with Crippen molar-refractivity contribution in [2.45, 2.75) is 31.4 Å². The van der Waals surface area contributed by atoms with E-state index in [0.29, 0.717) is 16.9 Å². The fourth-order valence-corrected chi connectivity index (χ4v) is 2.32. The maximum Gasteiger partial charge on any atom is 0.389 e. The first-order valence-electron chi connectivity index (χ1n) is 5.78. The number of aryl methyl sites for hydroxylation is 1. The second-order valence-corrected chi connectivity index (χ2v) is 4.96. The van der Waals surface area contributed by atoms with Crippen LogP contribution in [0, 0.1) is 5.82 Å². The third-order valence-corrected chi connectivity index (χ3v) is 3.36. The Bertz CT molecular complexity index is 622. The van der Waals surface area contributed by atoms with Gasteiger partial charge in [0.05, 0.1) is 21.9 Å². The highest BCUT2D eigenvalue weighted by atomic mass is 35.5. The molecular formula is C12H10Cl2F4N2. The lowest BCUT2D eigenvalue weighted by atomic mass is 10.2. The van der Waals surface area contributed by atoms with Crippen molar-refractivity contribution in [2.75, 3.05) is 0 Å². The zero-order valence-corrected chi connectivity index (χ0v) is 11.7. The molecule has 0 saturated carbocycles. The molecule has 1 aromatic heterocycles. The van der Waals surface area contributed by atoms with E-state index in [1.165, 1.54) is 6.07 Å². The van der Waals surface area contributed by atoms with Gasteiger partial charge in [-0.3, -0.25) is 0 Å². The lowest BCUT2D eigenvalue weighted by Gasteiger charge is -2.09. The summed E-state index contributed by atoms with van der Waals surface area (Å²) in [4.78, 5) is 4.10. The van der Waals surface area contributed by atoms with Crippen LogP contribution in [0.4, 0.5) is 17.6 Å². The lowest BCUT2D eigenvalue weighted by Crippen LogP contribution is -2.10. The quantitative estimate of drug-likeness (QED) is 0.576. The molecule has 0 aliphatic rings. The summed E-state index contributed by atoms with van der Waals surface area (Å²) in [7, 11) is 0. The second-order valence-electron chi connectivity index (χ2n) is 4.29. The molecule has 0 fully saturated rings. The van der Waals surface area contributed by atoms with E-state index in [-0.39, 0.29) is 23.9 Å². The van der Waals surface area contributed by atoms with E-state index in [4.69, 9.17) is 23.2 Å². The van der Waals surface area contributed by atoms with Gasteiger partial charge in [-0.05, 0) is 12.5 Å². The summed E-state index contributed by atoms with van der Waals surface area (Å²) in [5, 5.41) is -0.101. The minimum absolute atomic E-state index is 0.0277. The van der Waals surface area contributed by atoms with E-state index in [0.717, 1.165) is 6.07 Å². The number of imidazole rings is 1. The van der Waals surface area contributed by atoms with Crippen LogP contribution >= 0.6 is 23.2 Å². The molecule has 1 heterocycles. The van der Waals surface area contributed by atoms with Crippen LogP contribution in [0.15, 0.2) is 12.1 Å². The molecule has 2 rings (SSSR count). The van der Waals surface area contributed by atoms with E-state index in [2.05, 4.69) is 4.98 Å². The van der Waals surface area contributed by atoms with Gasteiger partial charge in [0.25, 0.3) is 0 Å². The van der Waals surface area contributed by atoms with Gasteiger partial charge < -0.3 is 4.57 Å². The fraction of sp³-hybridized carbons (Fsp3) is 0.417. The normalized spacial score (nSPS) is 12.3. The number of benzene rings is 1. The number of nitrogens with zero attached hydrogens (tertiary/aromatic N) is 2. The molecule has 8 heteroatoms. The molecule has 0 aliphatic heterocycles. The molecule has 0 amide bonds. The number of rotatable bonds is 4.